The van der Waals surface area contributed by atoms with E-state index in [1.807, 2.05) is 12.1 Å². The molecular weight excluding hydrogens is 404 g/mol. The Labute approximate surface area is 190 Å². The predicted molar refractivity (Wildman–Crippen MR) is 125 cm³/mol. The highest BCUT2D eigenvalue weighted by atomic mass is 32.1. The molecule has 6 heteroatoms. The van der Waals surface area contributed by atoms with E-state index in [0.29, 0.717) is 18.1 Å². The van der Waals surface area contributed by atoms with Crippen LogP contribution in [0.25, 0.3) is 0 Å². The van der Waals surface area contributed by atoms with Gasteiger partial charge in [0.25, 0.3) is 0 Å². The number of nitrogens with zero attached hydrogens (tertiary/aromatic N) is 4. The SMILES string of the molecule is CC(C)C(C#N)(CCCN1CCN(CCOc2ccc(C#N)cc2)CC1)c1ccsc1. The highest BCUT2D eigenvalue weighted by Gasteiger charge is 2.36. The molecule has 1 aromatic carbocycles. The number of benzene rings is 1. The van der Waals surface area contributed by atoms with Gasteiger partial charge in [0.05, 0.1) is 23.1 Å². The highest BCUT2D eigenvalue weighted by Crippen LogP contribution is 2.37. The molecule has 3 rings (SSSR count). The summed E-state index contributed by atoms with van der Waals surface area (Å²) in [5.41, 5.74) is 1.46. The Morgan fingerprint density at radius 2 is 1.71 bits per heavy atom. The standard InChI is InChI=1S/C25H32N4OS/c1-21(2)25(20-27,23-8-17-31-19-23)9-3-10-28-11-13-29(14-12-28)15-16-30-24-6-4-22(18-26)5-7-24/h4-8,17,19,21H,3,9-16H2,1-2H3. The summed E-state index contributed by atoms with van der Waals surface area (Å²) in [7, 11) is 0. The van der Waals surface area contributed by atoms with Gasteiger partial charge in [-0.1, -0.05) is 13.8 Å². The number of nitriles is 2. The lowest BCUT2D eigenvalue weighted by Crippen LogP contribution is -2.47. The van der Waals surface area contributed by atoms with Crippen LogP contribution in [0.1, 0.15) is 37.8 Å². The average Bonchev–Trinajstić information content (AvgIpc) is 3.33. The van der Waals surface area contributed by atoms with Gasteiger partial charge in [-0.3, -0.25) is 4.90 Å². The first-order valence-corrected chi connectivity index (χ1v) is 12.0. The second-order valence-electron chi connectivity index (χ2n) is 8.52. The van der Waals surface area contributed by atoms with E-state index in [-0.39, 0.29) is 5.41 Å². The van der Waals surface area contributed by atoms with Crippen LogP contribution in [0.5, 0.6) is 5.75 Å². The molecule has 0 saturated carbocycles. The van der Waals surface area contributed by atoms with Crippen LogP contribution in [0.4, 0.5) is 0 Å². The monoisotopic (exact) mass is 436 g/mol. The predicted octanol–water partition coefficient (Wildman–Crippen LogP) is 4.51. The van der Waals surface area contributed by atoms with Crippen molar-refractivity contribution in [2.45, 2.75) is 32.1 Å². The first-order valence-electron chi connectivity index (χ1n) is 11.1. The lowest BCUT2D eigenvalue weighted by Gasteiger charge is -2.36. The summed E-state index contributed by atoms with van der Waals surface area (Å²) in [6.07, 6.45) is 1.96. The molecule has 1 aliphatic heterocycles. The van der Waals surface area contributed by atoms with Crippen molar-refractivity contribution in [2.75, 3.05) is 45.9 Å². The van der Waals surface area contributed by atoms with Crippen molar-refractivity contribution in [1.82, 2.24) is 9.80 Å². The van der Waals surface area contributed by atoms with E-state index >= 15 is 0 Å². The van der Waals surface area contributed by atoms with Crippen molar-refractivity contribution in [3.63, 3.8) is 0 Å². The molecule has 2 aromatic rings. The molecule has 1 saturated heterocycles. The molecule has 1 fully saturated rings. The lowest BCUT2D eigenvalue weighted by atomic mass is 9.71. The van der Waals surface area contributed by atoms with E-state index in [1.165, 1.54) is 5.56 Å². The zero-order valence-corrected chi connectivity index (χ0v) is 19.4. The third kappa shape index (κ3) is 6.08. The fourth-order valence-electron chi connectivity index (χ4n) is 4.27. The summed E-state index contributed by atoms with van der Waals surface area (Å²) in [6.45, 7) is 11.2. The van der Waals surface area contributed by atoms with Gasteiger partial charge in [0.1, 0.15) is 12.4 Å². The Balaban J connectivity index is 1.37. The fourth-order valence-corrected chi connectivity index (χ4v) is 5.01. The average molecular weight is 437 g/mol. The maximum Gasteiger partial charge on any atom is 0.119 e. The van der Waals surface area contributed by atoms with Gasteiger partial charge in [0.15, 0.2) is 0 Å². The van der Waals surface area contributed by atoms with Crippen LogP contribution < -0.4 is 4.74 Å². The number of rotatable bonds is 10. The Bertz CT molecular complexity index is 874. The molecule has 0 amide bonds. The van der Waals surface area contributed by atoms with Gasteiger partial charge in [-0.05, 0) is 72.0 Å². The molecule has 0 bridgehead atoms. The fraction of sp³-hybridized carbons (Fsp3) is 0.520. The van der Waals surface area contributed by atoms with Crippen LogP contribution in [-0.2, 0) is 5.41 Å². The van der Waals surface area contributed by atoms with Crippen molar-refractivity contribution >= 4 is 11.3 Å². The minimum atomic E-state index is -0.370. The number of thiophene rings is 1. The summed E-state index contributed by atoms with van der Waals surface area (Å²) >= 11 is 1.68. The minimum Gasteiger partial charge on any atom is -0.492 e. The molecule has 1 aromatic heterocycles. The molecule has 1 aliphatic rings. The molecule has 0 aliphatic carbocycles. The second-order valence-corrected chi connectivity index (χ2v) is 9.30. The Hall–Kier alpha value is -2.38. The summed E-state index contributed by atoms with van der Waals surface area (Å²) in [6, 6.07) is 14.2. The quantitative estimate of drug-likeness (QED) is 0.548. The summed E-state index contributed by atoms with van der Waals surface area (Å²) < 4.78 is 5.81. The van der Waals surface area contributed by atoms with E-state index in [2.05, 4.69) is 52.6 Å². The van der Waals surface area contributed by atoms with Gasteiger partial charge in [-0.15, -0.1) is 0 Å². The van der Waals surface area contributed by atoms with E-state index in [4.69, 9.17) is 10.00 Å². The largest absolute Gasteiger partial charge is 0.492 e. The van der Waals surface area contributed by atoms with Crippen LogP contribution in [0.3, 0.4) is 0 Å². The zero-order chi connectivity index (χ0) is 22.1. The molecule has 0 N–H and O–H groups in total. The molecule has 31 heavy (non-hydrogen) atoms. The van der Waals surface area contributed by atoms with Crippen molar-refractivity contribution in [2.24, 2.45) is 5.92 Å². The Kier molecular flexibility index (Phi) is 8.49. The molecule has 2 heterocycles. The summed E-state index contributed by atoms with van der Waals surface area (Å²) in [4.78, 5) is 4.97. The van der Waals surface area contributed by atoms with Crippen molar-refractivity contribution < 1.29 is 4.74 Å². The first-order chi connectivity index (χ1) is 15.1. The number of hydrogen-bond donors (Lipinski definition) is 0. The molecule has 164 valence electrons. The van der Waals surface area contributed by atoms with Gasteiger partial charge < -0.3 is 9.64 Å². The Morgan fingerprint density at radius 1 is 1.03 bits per heavy atom. The van der Waals surface area contributed by atoms with Crippen LogP contribution in [0.2, 0.25) is 0 Å². The van der Waals surface area contributed by atoms with E-state index in [0.717, 1.165) is 57.9 Å². The van der Waals surface area contributed by atoms with E-state index in [9.17, 15) is 5.26 Å². The van der Waals surface area contributed by atoms with Crippen molar-refractivity contribution in [3.05, 3.63) is 52.2 Å². The third-order valence-corrected chi connectivity index (χ3v) is 7.07. The van der Waals surface area contributed by atoms with Gasteiger partial charge in [0, 0.05) is 32.7 Å². The molecule has 1 unspecified atom stereocenters. The van der Waals surface area contributed by atoms with Gasteiger partial charge in [-0.2, -0.15) is 21.9 Å². The number of hydrogen-bond acceptors (Lipinski definition) is 6. The maximum absolute atomic E-state index is 9.99. The molecule has 0 radical (unpaired) electrons. The van der Waals surface area contributed by atoms with Crippen LogP contribution >= 0.6 is 11.3 Å². The van der Waals surface area contributed by atoms with E-state index in [1.54, 1.807) is 23.5 Å². The Morgan fingerprint density at radius 3 is 2.26 bits per heavy atom. The van der Waals surface area contributed by atoms with E-state index < -0.39 is 0 Å². The van der Waals surface area contributed by atoms with Gasteiger partial charge in [-0.25, -0.2) is 0 Å². The zero-order valence-electron chi connectivity index (χ0n) is 18.6. The molecule has 0 spiro atoms. The van der Waals surface area contributed by atoms with Crippen molar-refractivity contribution in [1.29, 1.82) is 10.5 Å². The van der Waals surface area contributed by atoms with Crippen LogP contribution in [0.15, 0.2) is 41.1 Å². The van der Waals surface area contributed by atoms with Crippen LogP contribution in [-0.4, -0.2) is 55.7 Å². The third-order valence-electron chi connectivity index (χ3n) is 6.39. The topological polar surface area (TPSA) is 63.3 Å². The highest BCUT2D eigenvalue weighted by molar-refractivity contribution is 7.08. The van der Waals surface area contributed by atoms with Gasteiger partial charge >= 0.3 is 0 Å². The normalized spacial score (nSPS) is 17.1. The molecule has 1 atom stereocenters. The second kappa shape index (κ2) is 11.3. The lowest BCUT2D eigenvalue weighted by molar-refractivity contribution is 0.114. The van der Waals surface area contributed by atoms with Crippen molar-refractivity contribution in [3.8, 4) is 17.9 Å². The maximum atomic E-state index is 9.99. The van der Waals surface area contributed by atoms with Gasteiger partial charge in [0.2, 0.25) is 0 Å². The number of ether oxygens (including phenoxy) is 1. The minimum absolute atomic E-state index is 0.306. The first kappa shape index (κ1) is 23.3. The van der Waals surface area contributed by atoms with Crippen LogP contribution in [0, 0.1) is 28.6 Å². The molecular formula is C25H32N4OS. The summed E-state index contributed by atoms with van der Waals surface area (Å²) in [5, 5.41) is 23.1. The molecule has 5 nitrogen and oxygen atoms in total. The smallest absolute Gasteiger partial charge is 0.119 e. The number of piperazine rings is 1. The summed E-state index contributed by atoms with van der Waals surface area (Å²) in [5.74, 6) is 1.12.